The summed E-state index contributed by atoms with van der Waals surface area (Å²) in [7, 11) is 0. The van der Waals surface area contributed by atoms with Crippen molar-refractivity contribution in [2.24, 2.45) is 5.92 Å². The van der Waals surface area contributed by atoms with Crippen LogP contribution in [0.25, 0.3) is 11.3 Å². The first-order valence-corrected chi connectivity index (χ1v) is 7.70. The molecule has 0 bridgehead atoms. The molecule has 2 atom stereocenters. The quantitative estimate of drug-likeness (QED) is 0.900. The van der Waals surface area contributed by atoms with E-state index in [1.165, 1.54) is 5.69 Å². The predicted molar refractivity (Wildman–Crippen MR) is 85.2 cm³/mol. The number of benzene rings is 1. The maximum atomic E-state index is 5.82. The minimum absolute atomic E-state index is 0.375. The average Bonchev–Trinajstić information content (AvgIpc) is 3.02. The van der Waals surface area contributed by atoms with Gasteiger partial charge in [-0.25, -0.2) is 0 Å². The molecule has 1 fully saturated rings. The second-order valence-electron chi connectivity index (χ2n) is 6.07. The number of hydrogen-bond donors (Lipinski definition) is 2. The highest BCUT2D eigenvalue weighted by molar-refractivity contribution is 5.62. The maximum Gasteiger partial charge on any atom is 0.0650 e. The molecule has 1 aliphatic rings. The Morgan fingerprint density at radius 2 is 2.05 bits per heavy atom. The fourth-order valence-electron chi connectivity index (χ4n) is 2.82. The first-order chi connectivity index (χ1) is 10.2. The third-order valence-electron chi connectivity index (χ3n) is 4.13. The number of H-pyrrole nitrogens is 1. The number of aromatic amines is 1. The van der Waals surface area contributed by atoms with E-state index in [9.17, 15) is 0 Å². The van der Waals surface area contributed by atoms with Crippen molar-refractivity contribution in [2.75, 3.05) is 11.9 Å². The number of nitrogens with one attached hydrogen (secondary N) is 2. The molecule has 2 N–H and O–H groups in total. The average molecular weight is 285 g/mol. The van der Waals surface area contributed by atoms with E-state index in [-0.39, 0.29) is 0 Å². The zero-order chi connectivity index (χ0) is 14.7. The Labute approximate surface area is 125 Å². The van der Waals surface area contributed by atoms with Crippen LogP contribution < -0.4 is 5.32 Å². The van der Waals surface area contributed by atoms with Crippen LogP contribution in [0.15, 0.2) is 36.5 Å². The molecule has 112 valence electrons. The standard InChI is InChI=1S/C17H23N3O/c1-12(2)17-11-15(8-10-21-17)19-14-5-3-13(4-6-14)16-7-9-18-20-16/h3-7,9,12,15,17,19H,8,10-11H2,1-2H3,(H,18,20). The Hall–Kier alpha value is -1.81. The number of hydrogen-bond acceptors (Lipinski definition) is 3. The van der Waals surface area contributed by atoms with Crippen LogP contribution in [0.4, 0.5) is 5.69 Å². The lowest BCUT2D eigenvalue weighted by Gasteiger charge is -2.33. The first kappa shape index (κ1) is 14.1. The monoisotopic (exact) mass is 285 g/mol. The van der Waals surface area contributed by atoms with Crippen molar-refractivity contribution in [1.82, 2.24) is 10.2 Å². The van der Waals surface area contributed by atoms with E-state index in [1.807, 2.05) is 6.07 Å². The van der Waals surface area contributed by atoms with Gasteiger partial charge in [0.2, 0.25) is 0 Å². The van der Waals surface area contributed by atoms with Crippen LogP contribution in [0.2, 0.25) is 0 Å². The molecule has 0 aliphatic carbocycles. The van der Waals surface area contributed by atoms with Gasteiger partial charge in [0.1, 0.15) is 0 Å². The predicted octanol–water partition coefficient (Wildman–Crippen LogP) is 3.69. The molecule has 4 heteroatoms. The number of rotatable bonds is 4. The van der Waals surface area contributed by atoms with Gasteiger partial charge in [-0.05, 0) is 42.5 Å². The first-order valence-electron chi connectivity index (χ1n) is 7.70. The smallest absolute Gasteiger partial charge is 0.0650 e. The molecule has 1 saturated heterocycles. The number of nitrogens with zero attached hydrogens (tertiary/aromatic N) is 1. The summed E-state index contributed by atoms with van der Waals surface area (Å²) in [6.07, 6.45) is 4.31. The molecule has 2 heterocycles. The third-order valence-corrected chi connectivity index (χ3v) is 4.13. The van der Waals surface area contributed by atoms with E-state index in [2.05, 4.69) is 53.6 Å². The summed E-state index contributed by atoms with van der Waals surface area (Å²) < 4.78 is 5.82. The zero-order valence-corrected chi connectivity index (χ0v) is 12.7. The van der Waals surface area contributed by atoms with Gasteiger partial charge in [0.05, 0.1) is 11.8 Å². The second kappa shape index (κ2) is 6.31. The summed E-state index contributed by atoms with van der Waals surface area (Å²) in [5, 5.41) is 10.6. The second-order valence-corrected chi connectivity index (χ2v) is 6.07. The molecule has 2 unspecified atom stereocenters. The highest BCUT2D eigenvalue weighted by Crippen LogP contribution is 2.24. The number of ether oxygens (including phenoxy) is 1. The van der Waals surface area contributed by atoms with Gasteiger partial charge in [-0.1, -0.05) is 26.0 Å². The Kier molecular flexibility index (Phi) is 4.25. The molecule has 4 nitrogen and oxygen atoms in total. The number of anilines is 1. The molecule has 0 radical (unpaired) electrons. The topological polar surface area (TPSA) is 49.9 Å². The minimum atomic E-state index is 0.375. The van der Waals surface area contributed by atoms with Gasteiger partial charge < -0.3 is 10.1 Å². The lowest BCUT2D eigenvalue weighted by Crippen LogP contribution is -2.36. The normalized spacial score (nSPS) is 22.4. The van der Waals surface area contributed by atoms with E-state index < -0.39 is 0 Å². The summed E-state index contributed by atoms with van der Waals surface area (Å²) in [4.78, 5) is 0. The summed E-state index contributed by atoms with van der Waals surface area (Å²) in [5.74, 6) is 0.581. The van der Waals surface area contributed by atoms with E-state index in [0.717, 1.165) is 30.7 Å². The van der Waals surface area contributed by atoms with Crippen LogP contribution in [-0.4, -0.2) is 29.0 Å². The minimum Gasteiger partial charge on any atom is -0.382 e. The Balaban J connectivity index is 1.62. The molecular weight excluding hydrogens is 262 g/mol. The van der Waals surface area contributed by atoms with Gasteiger partial charge in [-0.15, -0.1) is 0 Å². The Bertz CT molecular complexity index is 548. The van der Waals surface area contributed by atoms with Crippen molar-refractivity contribution in [2.45, 2.75) is 38.8 Å². The van der Waals surface area contributed by atoms with Crippen molar-refractivity contribution < 1.29 is 4.74 Å². The molecule has 0 saturated carbocycles. The zero-order valence-electron chi connectivity index (χ0n) is 12.7. The summed E-state index contributed by atoms with van der Waals surface area (Å²) >= 11 is 0. The molecule has 1 aromatic carbocycles. The van der Waals surface area contributed by atoms with Crippen LogP contribution in [0.5, 0.6) is 0 Å². The Morgan fingerprint density at radius 1 is 1.24 bits per heavy atom. The fourth-order valence-corrected chi connectivity index (χ4v) is 2.82. The summed E-state index contributed by atoms with van der Waals surface area (Å²) in [6, 6.07) is 11.0. The lowest BCUT2D eigenvalue weighted by molar-refractivity contribution is -0.0160. The molecule has 1 aliphatic heterocycles. The van der Waals surface area contributed by atoms with Crippen molar-refractivity contribution in [3.05, 3.63) is 36.5 Å². The molecular formula is C17H23N3O. The molecule has 21 heavy (non-hydrogen) atoms. The van der Waals surface area contributed by atoms with Crippen molar-refractivity contribution in [1.29, 1.82) is 0 Å². The highest BCUT2D eigenvalue weighted by Gasteiger charge is 2.24. The van der Waals surface area contributed by atoms with Crippen LogP contribution in [0.1, 0.15) is 26.7 Å². The van der Waals surface area contributed by atoms with Gasteiger partial charge in [0.25, 0.3) is 0 Å². The van der Waals surface area contributed by atoms with Gasteiger partial charge in [0.15, 0.2) is 0 Å². The van der Waals surface area contributed by atoms with Crippen LogP contribution in [-0.2, 0) is 4.74 Å². The van der Waals surface area contributed by atoms with Gasteiger partial charge in [-0.2, -0.15) is 5.10 Å². The van der Waals surface area contributed by atoms with Crippen LogP contribution >= 0.6 is 0 Å². The van der Waals surface area contributed by atoms with Crippen LogP contribution in [0, 0.1) is 5.92 Å². The Morgan fingerprint density at radius 3 is 2.71 bits per heavy atom. The van der Waals surface area contributed by atoms with Crippen molar-refractivity contribution in [3.8, 4) is 11.3 Å². The summed E-state index contributed by atoms with van der Waals surface area (Å²) in [6.45, 7) is 5.31. The lowest BCUT2D eigenvalue weighted by atomic mass is 9.95. The third kappa shape index (κ3) is 3.45. The molecule has 2 aromatic rings. The highest BCUT2D eigenvalue weighted by atomic mass is 16.5. The van der Waals surface area contributed by atoms with E-state index in [4.69, 9.17) is 4.74 Å². The molecule has 0 amide bonds. The van der Waals surface area contributed by atoms with Crippen molar-refractivity contribution in [3.63, 3.8) is 0 Å². The van der Waals surface area contributed by atoms with Gasteiger partial charge in [-0.3, -0.25) is 5.10 Å². The van der Waals surface area contributed by atoms with E-state index in [1.54, 1.807) is 6.20 Å². The van der Waals surface area contributed by atoms with Gasteiger partial charge in [0, 0.05) is 24.5 Å². The van der Waals surface area contributed by atoms with E-state index in [0.29, 0.717) is 18.1 Å². The van der Waals surface area contributed by atoms with Crippen LogP contribution in [0.3, 0.4) is 0 Å². The maximum absolute atomic E-state index is 5.82. The molecule has 0 spiro atoms. The van der Waals surface area contributed by atoms with Gasteiger partial charge >= 0.3 is 0 Å². The largest absolute Gasteiger partial charge is 0.382 e. The van der Waals surface area contributed by atoms with E-state index >= 15 is 0 Å². The summed E-state index contributed by atoms with van der Waals surface area (Å²) in [5.41, 5.74) is 3.38. The SMILES string of the molecule is CC(C)C1CC(Nc2ccc(-c3ccn[nH]3)cc2)CCO1. The molecule has 1 aromatic heterocycles. The van der Waals surface area contributed by atoms with Crippen molar-refractivity contribution >= 4 is 5.69 Å². The number of aromatic nitrogens is 2. The molecule has 3 rings (SSSR count). The fraction of sp³-hybridized carbons (Fsp3) is 0.471.